The second-order valence-corrected chi connectivity index (χ2v) is 9.49. The molecule has 0 bridgehead atoms. The van der Waals surface area contributed by atoms with Crippen molar-refractivity contribution in [1.82, 2.24) is 0 Å². The molecule has 0 atom stereocenters. The van der Waals surface area contributed by atoms with Gasteiger partial charge in [0.05, 0.1) is 0 Å². The van der Waals surface area contributed by atoms with E-state index in [1.165, 1.54) is 5.56 Å². The van der Waals surface area contributed by atoms with Crippen molar-refractivity contribution in [2.45, 2.75) is 24.3 Å². The third kappa shape index (κ3) is 2.42. The van der Waals surface area contributed by atoms with Crippen LogP contribution in [0.1, 0.15) is 12.5 Å². The first-order valence-corrected chi connectivity index (χ1v) is 10.4. The van der Waals surface area contributed by atoms with Crippen molar-refractivity contribution in [2.75, 3.05) is 0 Å². The number of hydrogen-bond donors (Lipinski definition) is 0. The molecule has 1 rings (SSSR count). The molecule has 1 aromatic rings. The van der Waals surface area contributed by atoms with Crippen LogP contribution in [0.3, 0.4) is 0 Å². The van der Waals surface area contributed by atoms with E-state index in [9.17, 15) is 0 Å². The molecule has 0 aliphatic rings. The van der Waals surface area contributed by atoms with E-state index in [1.807, 2.05) is 0 Å². The zero-order chi connectivity index (χ0) is 8.27. The van der Waals surface area contributed by atoms with Gasteiger partial charge in [-0.05, 0) is 0 Å². The number of benzene rings is 1. The van der Waals surface area contributed by atoms with Crippen LogP contribution < -0.4 is 4.12 Å². The van der Waals surface area contributed by atoms with Crippen LogP contribution in [0.15, 0.2) is 24.3 Å². The fourth-order valence-corrected chi connectivity index (χ4v) is 3.16. The minimum atomic E-state index is -0.985. The zero-order valence-electron chi connectivity index (χ0n) is 7.59. The van der Waals surface area contributed by atoms with Gasteiger partial charge in [-0.1, -0.05) is 0 Å². The fraction of sp³-hybridized carbons (Fsp3) is 0.400. The molecule has 0 heterocycles. The van der Waals surface area contributed by atoms with Gasteiger partial charge in [-0.25, -0.2) is 0 Å². The van der Waals surface area contributed by atoms with Crippen molar-refractivity contribution in [2.24, 2.45) is 0 Å². The summed E-state index contributed by atoms with van der Waals surface area (Å²) in [5.41, 5.74) is 6.28. The van der Waals surface area contributed by atoms with Gasteiger partial charge in [0, 0.05) is 0 Å². The average Bonchev–Trinajstić information content (AvgIpc) is 2.05. The molecular formula is C10H15Ga. The molecule has 0 aromatic heterocycles. The van der Waals surface area contributed by atoms with Gasteiger partial charge in [0.25, 0.3) is 0 Å². The Balaban J connectivity index is 2.83. The summed E-state index contributed by atoms with van der Waals surface area (Å²) in [7, 11) is 0. The summed E-state index contributed by atoms with van der Waals surface area (Å²) in [5, 5.41) is 0. The predicted molar refractivity (Wildman–Crippen MR) is 52.9 cm³/mol. The topological polar surface area (TPSA) is 0 Å². The molecule has 0 saturated heterocycles. The van der Waals surface area contributed by atoms with E-state index in [4.69, 9.17) is 0 Å². The van der Waals surface area contributed by atoms with E-state index < -0.39 is 16.2 Å². The van der Waals surface area contributed by atoms with Crippen LogP contribution in [0, 0.1) is 0 Å². The standard InChI is InChI=1S/C8H9.2CH3.Ga/c1-2-8-6-4-3-5-7-8;;;/h4-7H,2H2,1H3;2*1H3;. The fourth-order valence-electron chi connectivity index (χ4n) is 1.14. The molecule has 0 aliphatic heterocycles. The van der Waals surface area contributed by atoms with Crippen LogP contribution in [-0.4, -0.2) is 16.2 Å². The van der Waals surface area contributed by atoms with Crippen LogP contribution in [0.25, 0.3) is 0 Å². The summed E-state index contributed by atoms with van der Waals surface area (Å²) in [4.78, 5) is 0. The number of aryl methyl sites for hydroxylation is 1. The van der Waals surface area contributed by atoms with E-state index in [0.29, 0.717) is 0 Å². The maximum absolute atomic E-state index is 2.41. The molecule has 11 heavy (non-hydrogen) atoms. The first kappa shape index (κ1) is 8.95. The summed E-state index contributed by atoms with van der Waals surface area (Å²) >= 11 is -0.985. The molecule has 0 N–H and O–H groups in total. The molecule has 1 aromatic carbocycles. The van der Waals surface area contributed by atoms with E-state index in [1.54, 1.807) is 4.12 Å². The van der Waals surface area contributed by atoms with Gasteiger partial charge >= 0.3 is 74.5 Å². The zero-order valence-corrected chi connectivity index (χ0v) is 10.0. The first-order chi connectivity index (χ1) is 5.24. The molecule has 0 amide bonds. The Kier molecular flexibility index (Phi) is 3.28. The van der Waals surface area contributed by atoms with Crippen molar-refractivity contribution in [3.05, 3.63) is 29.8 Å². The van der Waals surface area contributed by atoms with Crippen LogP contribution in [0.2, 0.25) is 11.0 Å². The van der Waals surface area contributed by atoms with E-state index in [0.717, 1.165) is 6.42 Å². The van der Waals surface area contributed by atoms with Crippen LogP contribution in [-0.2, 0) is 6.42 Å². The molecule has 0 saturated carbocycles. The molecule has 0 aliphatic carbocycles. The van der Waals surface area contributed by atoms with E-state index >= 15 is 0 Å². The quantitative estimate of drug-likeness (QED) is 0.649. The molecule has 0 spiro atoms. The van der Waals surface area contributed by atoms with Gasteiger partial charge in [-0.2, -0.15) is 0 Å². The molecule has 58 valence electrons. The van der Waals surface area contributed by atoms with Crippen molar-refractivity contribution in [3.8, 4) is 0 Å². The second kappa shape index (κ2) is 4.03. The third-order valence-electron chi connectivity index (χ3n) is 2.05. The number of hydrogen-bond acceptors (Lipinski definition) is 0. The van der Waals surface area contributed by atoms with Gasteiger partial charge in [-0.15, -0.1) is 0 Å². The minimum absolute atomic E-state index is 0.985. The van der Waals surface area contributed by atoms with Crippen molar-refractivity contribution < 1.29 is 0 Å². The Labute approximate surface area is 74.7 Å². The summed E-state index contributed by atoms with van der Waals surface area (Å²) in [6.45, 7) is 2.20. The summed E-state index contributed by atoms with van der Waals surface area (Å²) in [5.74, 6) is 0. The summed E-state index contributed by atoms with van der Waals surface area (Å²) in [6, 6.07) is 9.15. The monoisotopic (exact) mass is 204 g/mol. The van der Waals surface area contributed by atoms with Crippen molar-refractivity contribution >= 4 is 20.3 Å². The molecule has 0 nitrogen and oxygen atoms in total. The van der Waals surface area contributed by atoms with Crippen LogP contribution in [0.5, 0.6) is 0 Å². The molecular weight excluding hydrogens is 190 g/mol. The first-order valence-electron chi connectivity index (χ1n) is 4.33. The Morgan fingerprint density at radius 1 is 1.09 bits per heavy atom. The Morgan fingerprint density at radius 3 is 2.00 bits per heavy atom. The second-order valence-electron chi connectivity index (χ2n) is 3.25. The number of rotatable bonds is 2. The summed E-state index contributed by atoms with van der Waals surface area (Å²) in [6.07, 6.45) is 1.16. The SMILES string of the molecule is CCc1cc[c]([Ga]([CH3])[CH3])cc1. The van der Waals surface area contributed by atoms with Gasteiger partial charge in [-0.3, -0.25) is 0 Å². The van der Waals surface area contributed by atoms with E-state index in [2.05, 4.69) is 42.1 Å². The Morgan fingerprint density at radius 2 is 1.64 bits per heavy atom. The Hall–Kier alpha value is -0.144. The third-order valence-corrected chi connectivity index (χ3v) is 5.66. The average molecular weight is 205 g/mol. The van der Waals surface area contributed by atoms with Gasteiger partial charge in [0.15, 0.2) is 0 Å². The summed E-state index contributed by atoms with van der Waals surface area (Å²) < 4.78 is 1.62. The van der Waals surface area contributed by atoms with Gasteiger partial charge < -0.3 is 0 Å². The predicted octanol–water partition coefficient (Wildman–Crippen LogP) is 2.21. The van der Waals surface area contributed by atoms with Crippen LogP contribution in [0.4, 0.5) is 0 Å². The molecule has 0 fully saturated rings. The van der Waals surface area contributed by atoms with E-state index in [-0.39, 0.29) is 0 Å². The van der Waals surface area contributed by atoms with Crippen molar-refractivity contribution in [3.63, 3.8) is 0 Å². The maximum atomic E-state index is 2.41. The Bertz CT molecular complexity index is 211. The van der Waals surface area contributed by atoms with Gasteiger partial charge in [0.2, 0.25) is 0 Å². The molecule has 0 radical (unpaired) electrons. The van der Waals surface area contributed by atoms with Gasteiger partial charge in [0.1, 0.15) is 0 Å². The molecule has 0 unspecified atom stereocenters. The normalized spacial score (nSPS) is 9.73. The van der Waals surface area contributed by atoms with Crippen molar-refractivity contribution in [1.29, 1.82) is 0 Å². The van der Waals surface area contributed by atoms with Crippen LogP contribution >= 0.6 is 0 Å². The molecule has 1 heteroatoms.